The summed E-state index contributed by atoms with van der Waals surface area (Å²) in [6.07, 6.45) is 27.8. The van der Waals surface area contributed by atoms with Gasteiger partial charge < -0.3 is 20.3 Å². The molecular formula is C38H56N2O4. The summed E-state index contributed by atoms with van der Waals surface area (Å²) in [5.41, 5.74) is 0.750. The number of phenolic OH excluding ortho intramolecular Hbond substituents is 1. The van der Waals surface area contributed by atoms with Gasteiger partial charge in [-0.1, -0.05) is 69.4 Å². The number of aliphatic hydroxyl groups is 1. The fourth-order valence-electron chi connectivity index (χ4n) is 9.01. The van der Waals surface area contributed by atoms with Gasteiger partial charge in [0.2, 0.25) is 5.91 Å². The van der Waals surface area contributed by atoms with Crippen LogP contribution in [0.3, 0.4) is 0 Å². The summed E-state index contributed by atoms with van der Waals surface area (Å²) in [6, 6.07) is 3.70. The number of rotatable bonds is 17. The van der Waals surface area contributed by atoms with Gasteiger partial charge >= 0.3 is 0 Å². The predicted molar refractivity (Wildman–Crippen MR) is 176 cm³/mol. The first kappa shape index (κ1) is 31.7. The van der Waals surface area contributed by atoms with Gasteiger partial charge in [-0.2, -0.15) is 0 Å². The average Bonchev–Trinajstić information content (AvgIpc) is 3.76. The average molecular weight is 605 g/mol. The first-order chi connectivity index (χ1) is 21.5. The lowest BCUT2D eigenvalue weighted by molar-refractivity contribution is -0.192. The van der Waals surface area contributed by atoms with Gasteiger partial charge in [0, 0.05) is 24.6 Å². The number of hydrogen-bond acceptors (Lipinski definition) is 5. The highest BCUT2D eigenvalue weighted by Gasteiger charge is 2.73. The van der Waals surface area contributed by atoms with Crippen LogP contribution >= 0.6 is 0 Å². The Balaban J connectivity index is 0.969. The number of likely N-dealkylation sites (tertiary alicyclic amines) is 1. The zero-order valence-corrected chi connectivity index (χ0v) is 27.1. The molecule has 6 heteroatoms. The van der Waals surface area contributed by atoms with Crippen molar-refractivity contribution in [1.29, 1.82) is 0 Å². The maximum absolute atomic E-state index is 13.2. The van der Waals surface area contributed by atoms with Gasteiger partial charge in [0.05, 0.1) is 17.1 Å². The Bertz CT molecular complexity index is 1210. The monoisotopic (exact) mass is 604 g/mol. The van der Waals surface area contributed by atoms with Gasteiger partial charge in [0.25, 0.3) is 0 Å². The van der Waals surface area contributed by atoms with E-state index in [0.29, 0.717) is 25.0 Å². The molecule has 2 saturated carbocycles. The molecule has 242 valence electrons. The van der Waals surface area contributed by atoms with Gasteiger partial charge in [-0.05, 0) is 101 Å². The Labute approximate surface area is 265 Å². The number of benzene rings is 1. The van der Waals surface area contributed by atoms with Gasteiger partial charge in [-0.3, -0.25) is 9.69 Å². The quantitative estimate of drug-likeness (QED) is 0.129. The molecule has 1 amide bonds. The SMILES string of the molecule is CCCCC/C=C/C/C=C/CCCCCCCC(=O)N[C@H]1CC[C@@]2(O)[C@H]3Cc4ccc(O)c5c4[C@@]2(CCN3CC2CC2)[C@H]1O5. The molecule has 1 aromatic carbocycles. The number of ether oxygens (including phenoxy) is 1. The van der Waals surface area contributed by atoms with E-state index in [4.69, 9.17) is 4.74 Å². The van der Waals surface area contributed by atoms with E-state index in [-0.39, 0.29) is 29.8 Å². The van der Waals surface area contributed by atoms with Crippen molar-refractivity contribution in [2.45, 2.75) is 152 Å². The summed E-state index contributed by atoms with van der Waals surface area (Å²) in [7, 11) is 0. The van der Waals surface area contributed by atoms with Gasteiger partial charge in [0.15, 0.2) is 11.5 Å². The molecule has 2 heterocycles. The van der Waals surface area contributed by atoms with Gasteiger partial charge in [-0.15, -0.1) is 0 Å². The molecular weight excluding hydrogens is 548 g/mol. The Morgan fingerprint density at radius 2 is 1.75 bits per heavy atom. The second-order valence-electron chi connectivity index (χ2n) is 14.5. The van der Waals surface area contributed by atoms with Crippen molar-refractivity contribution in [2.24, 2.45) is 5.92 Å². The molecule has 6 nitrogen and oxygen atoms in total. The first-order valence-electron chi connectivity index (χ1n) is 18.1. The second kappa shape index (κ2) is 14.0. The zero-order valence-electron chi connectivity index (χ0n) is 27.1. The number of unbranched alkanes of at least 4 members (excludes halogenated alkanes) is 8. The minimum Gasteiger partial charge on any atom is -0.504 e. The maximum atomic E-state index is 13.2. The summed E-state index contributed by atoms with van der Waals surface area (Å²) in [4.78, 5) is 15.7. The van der Waals surface area contributed by atoms with Crippen LogP contribution in [-0.2, 0) is 16.6 Å². The number of allylic oxidation sites excluding steroid dienone is 4. The Morgan fingerprint density at radius 1 is 1.00 bits per heavy atom. The normalized spacial score (nSPS) is 30.5. The molecule has 0 radical (unpaired) electrons. The van der Waals surface area contributed by atoms with E-state index in [0.717, 1.165) is 63.1 Å². The number of nitrogens with one attached hydrogen (secondary N) is 1. The summed E-state index contributed by atoms with van der Waals surface area (Å²) in [5.74, 6) is 1.56. The molecule has 1 saturated heterocycles. The smallest absolute Gasteiger partial charge is 0.220 e. The van der Waals surface area contributed by atoms with Crippen LogP contribution < -0.4 is 10.1 Å². The highest BCUT2D eigenvalue weighted by Crippen LogP contribution is 2.65. The number of nitrogens with zero attached hydrogens (tertiary/aromatic N) is 1. The van der Waals surface area contributed by atoms with E-state index in [9.17, 15) is 15.0 Å². The number of amides is 1. The molecule has 3 N–H and O–H groups in total. The van der Waals surface area contributed by atoms with E-state index in [1.165, 1.54) is 63.4 Å². The summed E-state index contributed by atoms with van der Waals surface area (Å²) in [5, 5.41) is 26.8. The van der Waals surface area contributed by atoms with Crippen LogP contribution in [0.5, 0.6) is 11.5 Å². The van der Waals surface area contributed by atoms with Crippen LogP contribution in [0.1, 0.15) is 127 Å². The van der Waals surface area contributed by atoms with Crippen LogP contribution in [-0.4, -0.2) is 57.9 Å². The minimum atomic E-state index is -0.905. The van der Waals surface area contributed by atoms with Crippen LogP contribution in [0.2, 0.25) is 0 Å². The number of piperidine rings is 1. The van der Waals surface area contributed by atoms with E-state index in [1.807, 2.05) is 6.07 Å². The molecule has 0 unspecified atom stereocenters. The molecule has 1 spiro atoms. The standard InChI is InChI=1S/C38H56N2O4/c1-2-3-4-5-6-7-8-9-10-11-12-13-14-15-16-17-33(42)39-30-22-23-38(43)32-26-29-20-21-31(41)35-34(29)37(38,36(30)44-35)24-25-40(32)27-28-18-19-28/h6-7,9-10,20-21,28,30,32,36,41,43H,2-5,8,11-19,22-27H2,1H3,(H,39,42)/b7-6+,10-9+/t30-,32+,36-,37-,38+/m0/s1. The van der Waals surface area contributed by atoms with E-state index in [1.54, 1.807) is 6.07 Å². The molecule has 2 bridgehead atoms. The fraction of sp³-hybridized carbons (Fsp3) is 0.711. The number of carbonyl (C=O) groups is 1. The largest absolute Gasteiger partial charge is 0.504 e. The van der Waals surface area contributed by atoms with Crippen molar-refractivity contribution in [3.05, 3.63) is 47.6 Å². The fourth-order valence-corrected chi connectivity index (χ4v) is 9.01. The Morgan fingerprint density at radius 3 is 2.52 bits per heavy atom. The van der Waals surface area contributed by atoms with Crippen molar-refractivity contribution < 1.29 is 19.7 Å². The van der Waals surface area contributed by atoms with Gasteiger partial charge in [0.1, 0.15) is 6.10 Å². The maximum Gasteiger partial charge on any atom is 0.220 e. The van der Waals surface area contributed by atoms with Crippen molar-refractivity contribution in [2.75, 3.05) is 13.1 Å². The molecule has 3 fully saturated rings. The first-order valence-corrected chi connectivity index (χ1v) is 18.1. The third-order valence-electron chi connectivity index (χ3n) is 11.5. The molecule has 0 aromatic heterocycles. The highest BCUT2D eigenvalue weighted by molar-refractivity contribution is 5.76. The number of carbonyl (C=O) groups excluding carboxylic acids is 1. The Hall–Kier alpha value is -2.31. The van der Waals surface area contributed by atoms with Crippen molar-refractivity contribution in [3.63, 3.8) is 0 Å². The third kappa shape index (κ3) is 6.23. The number of phenols is 1. The molecule has 3 aliphatic carbocycles. The van der Waals surface area contributed by atoms with Gasteiger partial charge in [-0.25, -0.2) is 0 Å². The van der Waals surface area contributed by atoms with Crippen molar-refractivity contribution >= 4 is 5.91 Å². The molecule has 44 heavy (non-hydrogen) atoms. The second-order valence-corrected chi connectivity index (χ2v) is 14.5. The molecule has 5 atom stereocenters. The number of hydrogen-bond donors (Lipinski definition) is 3. The summed E-state index contributed by atoms with van der Waals surface area (Å²) < 4.78 is 6.60. The topological polar surface area (TPSA) is 82.0 Å². The summed E-state index contributed by atoms with van der Waals surface area (Å²) in [6.45, 7) is 4.25. The molecule has 2 aliphatic heterocycles. The van der Waals surface area contributed by atoms with Crippen LogP contribution in [0.15, 0.2) is 36.4 Å². The number of aromatic hydroxyl groups is 1. The molecule has 1 aromatic rings. The van der Waals surface area contributed by atoms with E-state index < -0.39 is 11.0 Å². The van der Waals surface area contributed by atoms with Crippen LogP contribution in [0.4, 0.5) is 0 Å². The van der Waals surface area contributed by atoms with Crippen molar-refractivity contribution in [3.8, 4) is 11.5 Å². The van der Waals surface area contributed by atoms with E-state index in [2.05, 4.69) is 41.4 Å². The molecule has 6 rings (SSSR count). The third-order valence-corrected chi connectivity index (χ3v) is 11.5. The zero-order chi connectivity index (χ0) is 30.6. The van der Waals surface area contributed by atoms with Crippen molar-refractivity contribution in [1.82, 2.24) is 10.2 Å². The lowest BCUT2D eigenvalue weighted by atomic mass is 9.48. The van der Waals surface area contributed by atoms with E-state index >= 15 is 0 Å². The molecule has 5 aliphatic rings. The lowest BCUT2D eigenvalue weighted by Gasteiger charge is -2.64. The highest BCUT2D eigenvalue weighted by atomic mass is 16.5. The lowest BCUT2D eigenvalue weighted by Crippen LogP contribution is -2.78. The Kier molecular flexibility index (Phi) is 10.1. The van der Waals surface area contributed by atoms with Crippen LogP contribution in [0.25, 0.3) is 0 Å². The predicted octanol–water partition coefficient (Wildman–Crippen LogP) is 7.25. The summed E-state index contributed by atoms with van der Waals surface area (Å²) >= 11 is 0. The van der Waals surface area contributed by atoms with Crippen LogP contribution in [0, 0.1) is 5.92 Å². The minimum absolute atomic E-state index is 0.0650.